The molecule has 4 rings (SSSR count). The van der Waals surface area contributed by atoms with Crippen molar-refractivity contribution >= 4 is 27.6 Å². The Hall–Kier alpha value is -4.05. The number of sulfonamides is 1. The van der Waals surface area contributed by atoms with E-state index in [2.05, 4.69) is 4.72 Å². The Balaban J connectivity index is 1.54. The molecule has 3 aromatic carbocycles. The van der Waals surface area contributed by atoms with Gasteiger partial charge in [0.15, 0.2) is 11.5 Å². The molecule has 0 spiro atoms. The van der Waals surface area contributed by atoms with Gasteiger partial charge in [-0.15, -0.1) is 0 Å². The van der Waals surface area contributed by atoms with Crippen LogP contribution in [-0.2, 0) is 21.4 Å². The number of anilines is 1. The van der Waals surface area contributed by atoms with E-state index in [1.807, 2.05) is 6.07 Å². The second-order valence-corrected chi connectivity index (χ2v) is 10.7. The van der Waals surface area contributed by atoms with Gasteiger partial charge in [0.25, 0.3) is 15.9 Å². The Labute approximate surface area is 215 Å². The van der Waals surface area contributed by atoms with Crippen LogP contribution in [0.2, 0.25) is 0 Å². The average Bonchev–Trinajstić information content (AvgIpc) is 3.18. The summed E-state index contributed by atoms with van der Waals surface area (Å²) in [6.45, 7) is 3.78. The molecule has 1 amide bonds. The van der Waals surface area contributed by atoms with Crippen molar-refractivity contribution in [3.05, 3.63) is 71.8 Å². The van der Waals surface area contributed by atoms with Crippen LogP contribution in [0.3, 0.4) is 0 Å². The summed E-state index contributed by atoms with van der Waals surface area (Å²) in [7, 11) is -0.964. The Morgan fingerprint density at radius 3 is 2.19 bits per heavy atom. The first kappa shape index (κ1) is 26.0. The van der Waals surface area contributed by atoms with Crippen molar-refractivity contribution in [3.63, 3.8) is 0 Å². The molecule has 2 N–H and O–H groups in total. The number of hydrogen-bond acceptors (Lipinski definition) is 6. The van der Waals surface area contributed by atoms with E-state index in [1.54, 1.807) is 50.2 Å². The number of fused-ring (bicyclic) bond motifs is 1. The van der Waals surface area contributed by atoms with Crippen molar-refractivity contribution in [2.24, 2.45) is 5.92 Å². The highest BCUT2D eigenvalue weighted by molar-refractivity contribution is 7.92. The SMILES string of the molecule is COc1ccc(S(=O)(=O)Nc2ccc(-c3ccc4c(c3)CN(C(C(=O)O)C(C)C)C4=O)cc2)cc1OC. The third kappa shape index (κ3) is 5.10. The van der Waals surface area contributed by atoms with Gasteiger partial charge in [0.1, 0.15) is 6.04 Å². The van der Waals surface area contributed by atoms with Crippen LogP contribution in [0.1, 0.15) is 29.8 Å². The lowest BCUT2D eigenvalue weighted by atomic mass is 10.0. The smallest absolute Gasteiger partial charge is 0.326 e. The van der Waals surface area contributed by atoms with E-state index in [0.29, 0.717) is 22.7 Å². The zero-order chi connectivity index (χ0) is 26.9. The van der Waals surface area contributed by atoms with Gasteiger partial charge in [-0.3, -0.25) is 9.52 Å². The summed E-state index contributed by atoms with van der Waals surface area (Å²) in [5.41, 5.74) is 3.28. The fourth-order valence-electron chi connectivity index (χ4n) is 4.45. The third-order valence-corrected chi connectivity index (χ3v) is 7.67. The molecule has 0 aliphatic carbocycles. The maximum atomic E-state index is 12.9. The molecule has 194 valence electrons. The number of carboxylic acids is 1. The van der Waals surface area contributed by atoms with Gasteiger partial charge < -0.3 is 19.5 Å². The van der Waals surface area contributed by atoms with Gasteiger partial charge in [-0.25, -0.2) is 13.2 Å². The van der Waals surface area contributed by atoms with Crippen LogP contribution in [0.4, 0.5) is 5.69 Å². The molecule has 1 aliphatic rings. The maximum Gasteiger partial charge on any atom is 0.326 e. The molecular weight excluding hydrogens is 496 g/mol. The molecule has 0 saturated heterocycles. The normalized spacial score (nSPS) is 13.9. The minimum Gasteiger partial charge on any atom is -0.493 e. The van der Waals surface area contributed by atoms with Crippen molar-refractivity contribution in [1.29, 1.82) is 0 Å². The van der Waals surface area contributed by atoms with Crippen molar-refractivity contribution in [2.75, 3.05) is 18.9 Å². The van der Waals surface area contributed by atoms with Gasteiger partial charge >= 0.3 is 5.97 Å². The first-order chi connectivity index (χ1) is 17.6. The maximum absolute atomic E-state index is 12.9. The minimum atomic E-state index is -3.87. The van der Waals surface area contributed by atoms with E-state index in [0.717, 1.165) is 16.7 Å². The Kier molecular flexibility index (Phi) is 7.13. The molecule has 3 aromatic rings. The minimum absolute atomic E-state index is 0.0307. The summed E-state index contributed by atoms with van der Waals surface area (Å²) < 4.78 is 38.7. The van der Waals surface area contributed by atoms with Crippen molar-refractivity contribution in [1.82, 2.24) is 4.90 Å². The molecule has 0 bridgehead atoms. The van der Waals surface area contributed by atoms with Gasteiger partial charge in [0.2, 0.25) is 0 Å². The number of carboxylic acid groups (broad SMARTS) is 1. The predicted octanol–water partition coefficient (Wildman–Crippen LogP) is 4.24. The zero-order valence-corrected chi connectivity index (χ0v) is 21.7. The highest BCUT2D eigenvalue weighted by Gasteiger charge is 2.38. The summed E-state index contributed by atoms with van der Waals surface area (Å²) in [5.74, 6) is -0.819. The quantitative estimate of drug-likeness (QED) is 0.429. The van der Waals surface area contributed by atoms with Crippen molar-refractivity contribution in [3.8, 4) is 22.6 Å². The summed E-state index contributed by atoms with van der Waals surface area (Å²) in [6.07, 6.45) is 0. The van der Waals surface area contributed by atoms with Crippen LogP contribution >= 0.6 is 0 Å². The standard InChI is InChI=1S/C27H28N2O7S/c1-16(2)25(27(31)32)29-15-19-13-18(7-11-22(19)26(29)30)17-5-8-20(9-6-17)28-37(33,34)21-10-12-23(35-3)24(14-21)36-4/h5-14,16,25,28H,15H2,1-4H3,(H,31,32). The number of amides is 1. The van der Waals surface area contributed by atoms with Gasteiger partial charge in [0.05, 0.1) is 19.1 Å². The summed E-state index contributed by atoms with van der Waals surface area (Å²) in [4.78, 5) is 26.0. The predicted molar refractivity (Wildman–Crippen MR) is 138 cm³/mol. The topological polar surface area (TPSA) is 122 Å². The number of nitrogens with zero attached hydrogens (tertiary/aromatic N) is 1. The number of ether oxygens (including phenoxy) is 2. The number of nitrogens with one attached hydrogen (secondary N) is 1. The molecule has 0 aromatic heterocycles. The van der Waals surface area contributed by atoms with Gasteiger partial charge in [0, 0.05) is 23.9 Å². The lowest BCUT2D eigenvalue weighted by Crippen LogP contribution is -2.44. The first-order valence-corrected chi connectivity index (χ1v) is 13.1. The van der Waals surface area contributed by atoms with E-state index in [9.17, 15) is 23.1 Å². The first-order valence-electron chi connectivity index (χ1n) is 11.6. The molecule has 37 heavy (non-hydrogen) atoms. The number of carbonyl (C=O) groups is 2. The molecule has 0 fully saturated rings. The van der Waals surface area contributed by atoms with Crippen LogP contribution in [0.15, 0.2) is 65.6 Å². The fourth-order valence-corrected chi connectivity index (χ4v) is 5.53. The van der Waals surface area contributed by atoms with Gasteiger partial charge in [-0.1, -0.05) is 32.0 Å². The number of carbonyl (C=O) groups excluding carboxylic acids is 1. The molecule has 1 aliphatic heterocycles. The van der Waals surface area contributed by atoms with Crippen LogP contribution in [0, 0.1) is 5.92 Å². The van der Waals surface area contributed by atoms with E-state index in [4.69, 9.17) is 9.47 Å². The largest absolute Gasteiger partial charge is 0.493 e. The van der Waals surface area contributed by atoms with E-state index in [-0.39, 0.29) is 23.3 Å². The number of hydrogen-bond donors (Lipinski definition) is 2. The van der Waals surface area contributed by atoms with E-state index in [1.165, 1.54) is 37.3 Å². The molecule has 9 nitrogen and oxygen atoms in total. The summed E-state index contributed by atoms with van der Waals surface area (Å²) in [6, 6.07) is 15.7. The second-order valence-electron chi connectivity index (χ2n) is 9.03. The van der Waals surface area contributed by atoms with Crippen LogP contribution in [0.25, 0.3) is 11.1 Å². The zero-order valence-electron chi connectivity index (χ0n) is 20.9. The second kappa shape index (κ2) is 10.1. The van der Waals surface area contributed by atoms with Crippen molar-refractivity contribution < 1.29 is 32.6 Å². The molecule has 1 unspecified atom stereocenters. The number of aliphatic carboxylic acids is 1. The van der Waals surface area contributed by atoms with E-state index < -0.39 is 22.0 Å². The Morgan fingerprint density at radius 2 is 1.59 bits per heavy atom. The monoisotopic (exact) mass is 524 g/mol. The van der Waals surface area contributed by atoms with E-state index >= 15 is 0 Å². The van der Waals surface area contributed by atoms with Crippen LogP contribution in [-0.4, -0.2) is 50.6 Å². The summed E-state index contributed by atoms with van der Waals surface area (Å²) >= 11 is 0. The molecule has 0 saturated carbocycles. The lowest BCUT2D eigenvalue weighted by Gasteiger charge is -2.27. The molecule has 1 atom stereocenters. The highest BCUT2D eigenvalue weighted by atomic mass is 32.2. The third-order valence-electron chi connectivity index (χ3n) is 6.29. The van der Waals surface area contributed by atoms with Crippen molar-refractivity contribution in [2.45, 2.75) is 31.3 Å². The number of rotatable bonds is 9. The Bertz CT molecular complexity index is 1450. The van der Waals surface area contributed by atoms with Crippen LogP contribution < -0.4 is 14.2 Å². The molecule has 0 radical (unpaired) electrons. The van der Waals surface area contributed by atoms with Crippen LogP contribution in [0.5, 0.6) is 11.5 Å². The van der Waals surface area contributed by atoms with Gasteiger partial charge in [-0.2, -0.15) is 0 Å². The number of methoxy groups -OCH3 is 2. The summed E-state index contributed by atoms with van der Waals surface area (Å²) in [5, 5.41) is 9.61. The highest BCUT2D eigenvalue weighted by Crippen LogP contribution is 2.33. The molecule has 10 heteroatoms. The fraction of sp³-hybridized carbons (Fsp3) is 0.259. The number of benzene rings is 3. The van der Waals surface area contributed by atoms with Gasteiger partial charge in [-0.05, 0) is 59.0 Å². The molecular formula is C27H28N2O7S. The average molecular weight is 525 g/mol. The lowest BCUT2D eigenvalue weighted by molar-refractivity contribution is -0.144. The molecule has 1 heterocycles. The Morgan fingerprint density at radius 1 is 0.946 bits per heavy atom.